The molecule has 5 rings (SSSR count). The van der Waals surface area contributed by atoms with E-state index >= 15 is 0 Å². The topological polar surface area (TPSA) is 71.4 Å². The van der Waals surface area contributed by atoms with Crippen LogP contribution in [-0.4, -0.2) is 21.0 Å². The number of pyridine rings is 2. The van der Waals surface area contributed by atoms with Crippen molar-refractivity contribution < 1.29 is 19.4 Å². The molecule has 0 bridgehead atoms. The maximum Gasteiger partial charge on any atom is 0.393 e. The first-order valence-corrected chi connectivity index (χ1v) is 11.2. The molecule has 1 aliphatic rings. The second kappa shape index (κ2) is 8.27. The van der Waals surface area contributed by atoms with Gasteiger partial charge in [0, 0.05) is 29.6 Å². The van der Waals surface area contributed by atoms with Crippen LogP contribution in [0.5, 0.6) is 0 Å². The lowest BCUT2D eigenvalue weighted by Crippen LogP contribution is -3.11. The quantitative estimate of drug-likeness (QED) is 0.455. The predicted octanol–water partition coefficient (Wildman–Crippen LogP) is 3.60. The smallest absolute Gasteiger partial charge is 0.393 e. The summed E-state index contributed by atoms with van der Waals surface area (Å²) in [4.78, 5) is 23.8. The van der Waals surface area contributed by atoms with E-state index in [0.29, 0.717) is 27.3 Å². The molecular formula is C24H19ClN4O2S+2. The van der Waals surface area contributed by atoms with E-state index in [0.717, 1.165) is 21.7 Å². The minimum absolute atomic E-state index is 0.0852. The van der Waals surface area contributed by atoms with Crippen molar-refractivity contribution in [2.45, 2.75) is 13.5 Å². The molecule has 1 aromatic carbocycles. The summed E-state index contributed by atoms with van der Waals surface area (Å²) in [6, 6.07) is 17.0. The molecule has 0 aliphatic carbocycles. The SMILES string of the molecule is Cc1ccc[n+]2c1[NH+](Cc1cnc(Cl)s1)C(=O)C(c1cccc(-c3ccccn3)c1)=C2O. The highest BCUT2D eigenvalue weighted by molar-refractivity contribution is 7.15. The fourth-order valence-corrected chi connectivity index (χ4v) is 4.98. The number of amides is 1. The number of aromatic nitrogens is 3. The molecule has 1 unspecified atom stereocenters. The molecule has 4 heterocycles. The van der Waals surface area contributed by atoms with Gasteiger partial charge in [0.05, 0.1) is 16.1 Å². The van der Waals surface area contributed by atoms with Crippen LogP contribution < -0.4 is 9.47 Å². The number of fused-ring (bicyclic) bond motifs is 1. The Balaban J connectivity index is 1.65. The van der Waals surface area contributed by atoms with Crippen LogP contribution in [0, 0.1) is 6.92 Å². The van der Waals surface area contributed by atoms with Gasteiger partial charge >= 0.3 is 17.6 Å². The second-order valence-corrected chi connectivity index (χ2v) is 9.17. The molecule has 6 nitrogen and oxygen atoms in total. The maximum absolute atomic E-state index is 13.8. The van der Waals surface area contributed by atoms with Crippen molar-refractivity contribution in [1.82, 2.24) is 9.97 Å². The minimum atomic E-state index is -0.209. The fraction of sp³-hybridized carbons (Fsp3) is 0.0833. The van der Waals surface area contributed by atoms with E-state index in [4.69, 9.17) is 11.6 Å². The molecule has 158 valence electrons. The summed E-state index contributed by atoms with van der Waals surface area (Å²) in [5, 5.41) is 11.2. The van der Waals surface area contributed by atoms with Crippen molar-refractivity contribution in [1.29, 1.82) is 0 Å². The first-order chi connectivity index (χ1) is 15.5. The molecule has 32 heavy (non-hydrogen) atoms. The highest BCUT2D eigenvalue weighted by Gasteiger charge is 2.46. The van der Waals surface area contributed by atoms with Crippen molar-refractivity contribution in [2.24, 2.45) is 0 Å². The average molecular weight is 463 g/mol. The van der Waals surface area contributed by atoms with Crippen LogP contribution in [0.25, 0.3) is 22.7 Å². The van der Waals surface area contributed by atoms with Gasteiger partial charge in [-0.3, -0.25) is 4.98 Å². The molecule has 0 saturated carbocycles. The van der Waals surface area contributed by atoms with E-state index in [2.05, 4.69) is 9.97 Å². The van der Waals surface area contributed by atoms with Gasteiger partial charge in [0.15, 0.2) is 16.2 Å². The Bertz CT molecular complexity index is 1370. The van der Waals surface area contributed by atoms with Crippen LogP contribution in [0.15, 0.2) is 73.2 Å². The maximum atomic E-state index is 13.8. The summed E-state index contributed by atoms with van der Waals surface area (Å²) in [5.74, 6) is 0.404. The number of carbonyl (C=O) groups is 1. The number of rotatable bonds is 4. The van der Waals surface area contributed by atoms with Gasteiger partial charge in [0.2, 0.25) is 0 Å². The van der Waals surface area contributed by atoms with E-state index in [-0.39, 0.29) is 17.4 Å². The summed E-state index contributed by atoms with van der Waals surface area (Å²) >= 11 is 7.37. The van der Waals surface area contributed by atoms with E-state index in [1.165, 1.54) is 11.3 Å². The Morgan fingerprint density at radius 2 is 1.94 bits per heavy atom. The zero-order chi connectivity index (χ0) is 22.2. The zero-order valence-electron chi connectivity index (χ0n) is 17.1. The average Bonchev–Trinajstić information content (AvgIpc) is 3.22. The third-order valence-electron chi connectivity index (χ3n) is 5.42. The van der Waals surface area contributed by atoms with Gasteiger partial charge in [-0.25, -0.2) is 9.78 Å². The molecule has 1 amide bonds. The third kappa shape index (κ3) is 3.60. The van der Waals surface area contributed by atoms with E-state index < -0.39 is 0 Å². The number of halogens is 1. The monoisotopic (exact) mass is 462 g/mol. The molecule has 4 aromatic rings. The van der Waals surface area contributed by atoms with Crippen molar-refractivity contribution >= 4 is 46.1 Å². The normalized spacial score (nSPS) is 15.7. The largest absolute Gasteiger partial charge is 0.459 e. The molecule has 0 radical (unpaired) electrons. The predicted molar refractivity (Wildman–Crippen MR) is 123 cm³/mol. The van der Waals surface area contributed by atoms with Gasteiger partial charge < -0.3 is 5.11 Å². The van der Waals surface area contributed by atoms with Crippen LogP contribution >= 0.6 is 22.9 Å². The van der Waals surface area contributed by atoms with Crippen LogP contribution in [0.2, 0.25) is 4.47 Å². The molecule has 0 spiro atoms. The minimum Gasteiger partial charge on any atom is -0.459 e. The van der Waals surface area contributed by atoms with E-state index in [9.17, 15) is 9.90 Å². The Labute approximate surface area is 193 Å². The highest BCUT2D eigenvalue weighted by atomic mass is 35.5. The number of aryl methyl sites for hydroxylation is 1. The number of nitrogens with zero attached hydrogens (tertiary/aromatic N) is 3. The van der Waals surface area contributed by atoms with Crippen LogP contribution in [-0.2, 0) is 11.3 Å². The first-order valence-electron chi connectivity index (χ1n) is 10.0. The Kier molecular flexibility index (Phi) is 5.30. The van der Waals surface area contributed by atoms with Crippen molar-refractivity contribution in [3.63, 3.8) is 0 Å². The summed E-state index contributed by atoms with van der Waals surface area (Å²) in [5.41, 5.74) is 3.46. The molecule has 3 aromatic heterocycles. The summed E-state index contributed by atoms with van der Waals surface area (Å²) in [6.07, 6.45) is 5.19. The van der Waals surface area contributed by atoms with Crippen LogP contribution in [0.3, 0.4) is 0 Å². The fourth-order valence-electron chi connectivity index (χ4n) is 3.99. The van der Waals surface area contributed by atoms with Gasteiger partial charge in [0.1, 0.15) is 6.54 Å². The number of thiazole rings is 1. The summed E-state index contributed by atoms with van der Waals surface area (Å²) < 4.78 is 2.11. The second-order valence-electron chi connectivity index (χ2n) is 7.47. The lowest BCUT2D eigenvalue weighted by Gasteiger charge is -2.20. The van der Waals surface area contributed by atoms with Crippen molar-refractivity contribution in [3.05, 3.63) is 93.7 Å². The van der Waals surface area contributed by atoms with Gasteiger partial charge in [0.25, 0.3) is 0 Å². The number of hydrogen-bond acceptors (Lipinski definition) is 5. The molecule has 0 fully saturated rings. The highest BCUT2D eigenvalue weighted by Crippen LogP contribution is 2.27. The van der Waals surface area contributed by atoms with Gasteiger partial charge in [-0.2, -0.15) is 4.90 Å². The van der Waals surface area contributed by atoms with Crippen molar-refractivity contribution in [2.75, 3.05) is 0 Å². The van der Waals surface area contributed by atoms with Crippen molar-refractivity contribution in [3.8, 4) is 11.3 Å². The number of quaternary nitrogens is 1. The number of aliphatic hydroxyl groups excluding tert-OH is 1. The third-order valence-corrected chi connectivity index (χ3v) is 6.54. The first kappa shape index (κ1) is 20.5. The zero-order valence-corrected chi connectivity index (χ0v) is 18.7. The number of hydrogen-bond donors (Lipinski definition) is 2. The van der Waals surface area contributed by atoms with E-state index in [1.54, 1.807) is 23.2 Å². The Morgan fingerprint density at radius 3 is 2.69 bits per heavy atom. The molecule has 0 saturated heterocycles. The van der Waals surface area contributed by atoms with Gasteiger partial charge in [-0.1, -0.05) is 40.4 Å². The number of carbonyl (C=O) groups excluding carboxylic acids is 1. The summed E-state index contributed by atoms with van der Waals surface area (Å²) in [7, 11) is 0. The van der Waals surface area contributed by atoms with Crippen LogP contribution in [0.4, 0.5) is 5.82 Å². The number of benzene rings is 1. The summed E-state index contributed by atoms with van der Waals surface area (Å²) in [6.45, 7) is 2.31. The lowest BCUT2D eigenvalue weighted by molar-refractivity contribution is -0.838. The molecule has 1 atom stereocenters. The van der Waals surface area contributed by atoms with Gasteiger partial charge in [-0.05, 0) is 31.2 Å². The standard InChI is InChI=1S/C24H17ClN4O2S/c1-15-6-5-11-28-21(15)29(14-18-13-27-24(25)32-18)23(31)20(22(28)30)17-8-4-7-16(12-17)19-9-2-3-10-26-19/h2-13H,14H2,1H3/p+2. The lowest BCUT2D eigenvalue weighted by atomic mass is 9.99. The number of nitrogens with one attached hydrogen (secondary N) is 1. The van der Waals surface area contributed by atoms with E-state index in [1.807, 2.05) is 61.5 Å². The Morgan fingerprint density at radius 1 is 1.09 bits per heavy atom. The van der Waals surface area contributed by atoms with Crippen LogP contribution in [0.1, 0.15) is 16.0 Å². The Hall–Kier alpha value is -3.39. The number of aliphatic hydroxyl groups is 1. The molecular weight excluding hydrogens is 444 g/mol. The van der Waals surface area contributed by atoms with Gasteiger partial charge in [-0.15, -0.1) is 11.3 Å². The molecule has 2 N–H and O–H groups in total. The molecule has 8 heteroatoms. The molecule has 1 aliphatic heterocycles.